The van der Waals surface area contributed by atoms with Crippen molar-refractivity contribution in [3.05, 3.63) is 0 Å². The van der Waals surface area contributed by atoms with E-state index in [4.69, 9.17) is 0 Å². The van der Waals surface area contributed by atoms with E-state index >= 15 is 0 Å². The van der Waals surface area contributed by atoms with Crippen LogP contribution in [-0.4, -0.2) is 68.0 Å². The number of carbonyl (C=O) groups is 1. The minimum atomic E-state index is -3.30. The summed E-state index contributed by atoms with van der Waals surface area (Å²) in [5.74, 6) is 0.333. The molecule has 146 valence electrons. The molecule has 25 heavy (non-hydrogen) atoms. The van der Waals surface area contributed by atoms with E-state index < -0.39 is 15.3 Å². The number of rotatable bonds is 4. The van der Waals surface area contributed by atoms with Gasteiger partial charge in [0.05, 0.1) is 5.25 Å². The third kappa shape index (κ3) is 4.67. The largest absolute Gasteiger partial charge is 0.341 e. The fourth-order valence-corrected chi connectivity index (χ4v) is 6.40. The van der Waals surface area contributed by atoms with Gasteiger partial charge in [-0.2, -0.15) is 0 Å². The van der Waals surface area contributed by atoms with Crippen molar-refractivity contribution < 1.29 is 13.2 Å². The van der Waals surface area contributed by atoms with E-state index in [-0.39, 0.29) is 24.2 Å². The molecule has 3 rings (SSSR count). The normalized spacial score (nSPS) is 27.2. The number of carbonyl (C=O) groups excluding carboxylic acids is 1. The van der Waals surface area contributed by atoms with Crippen LogP contribution in [0.15, 0.2) is 0 Å². The fraction of sp³-hybridized carbons (Fsp3) is 0.941. The number of amides is 1. The Morgan fingerprint density at radius 3 is 2.20 bits per heavy atom. The molecule has 0 aromatic carbocycles. The number of likely N-dealkylation sites (tertiary alicyclic amines) is 1. The van der Waals surface area contributed by atoms with Crippen LogP contribution in [-0.2, 0) is 14.8 Å². The summed E-state index contributed by atoms with van der Waals surface area (Å²) < 4.78 is 27.6. The van der Waals surface area contributed by atoms with Crippen LogP contribution in [0, 0.1) is 5.92 Å². The van der Waals surface area contributed by atoms with Crippen LogP contribution < -0.4 is 5.32 Å². The third-order valence-corrected chi connectivity index (χ3v) is 8.35. The predicted molar refractivity (Wildman–Crippen MR) is 101 cm³/mol. The van der Waals surface area contributed by atoms with E-state index in [1.54, 1.807) is 4.31 Å². The Bertz CT molecular complexity index is 543. The molecule has 3 aliphatic rings. The fourth-order valence-electron chi connectivity index (χ4n) is 4.42. The molecule has 2 saturated heterocycles. The second-order valence-electron chi connectivity index (χ2n) is 7.54. The Hall–Kier alpha value is -0.370. The zero-order valence-corrected chi connectivity index (χ0v) is 16.8. The van der Waals surface area contributed by atoms with Gasteiger partial charge in [0.25, 0.3) is 0 Å². The maximum Gasteiger partial charge on any atom is 0.225 e. The van der Waals surface area contributed by atoms with Gasteiger partial charge in [0.1, 0.15) is 0 Å². The second kappa shape index (κ2) is 9.02. The first-order valence-corrected chi connectivity index (χ1v) is 11.0. The Morgan fingerprint density at radius 1 is 0.960 bits per heavy atom. The first kappa shape index (κ1) is 20.9. The number of halogens is 1. The van der Waals surface area contributed by atoms with E-state index in [9.17, 15) is 13.2 Å². The van der Waals surface area contributed by atoms with Gasteiger partial charge in [0.15, 0.2) is 0 Å². The Morgan fingerprint density at radius 2 is 1.60 bits per heavy atom. The summed E-state index contributed by atoms with van der Waals surface area (Å²) in [6, 6.07) is 0.420. The molecule has 0 aromatic heterocycles. The van der Waals surface area contributed by atoms with Crippen molar-refractivity contribution in [2.24, 2.45) is 5.92 Å². The molecule has 0 bridgehead atoms. The van der Waals surface area contributed by atoms with Gasteiger partial charge in [0, 0.05) is 38.1 Å². The van der Waals surface area contributed by atoms with Gasteiger partial charge in [0.2, 0.25) is 15.9 Å². The van der Waals surface area contributed by atoms with Crippen molar-refractivity contribution >= 4 is 28.3 Å². The van der Waals surface area contributed by atoms with E-state index in [2.05, 4.69) is 5.32 Å². The highest BCUT2D eigenvalue weighted by molar-refractivity contribution is 7.89. The molecule has 0 radical (unpaired) electrons. The van der Waals surface area contributed by atoms with Crippen molar-refractivity contribution in [2.45, 2.75) is 62.7 Å². The molecule has 1 N–H and O–H groups in total. The summed E-state index contributed by atoms with van der Waals surface area (Å²) in [4.78, 5) is 14.5. The van der Waals surface area contributed by atoms with E-state index in [1.165, 1.54) is 0 Å². The number of piperidine rings is 2. The number of hydrogen-bond donors (Lipinski definition) is 1. The van der Waals surface area contributed by atoms with Crippen LogP contribution in [0.4, 0.5) is 0 Å². The van der Waals surface area contributed by atoms with Gasteiger partial charge in [-0.15, -0.1) is 12.4 Å². The molecule has 6 nitrogen and oxygen atoms in total. The molecule has 3 fully saturated rings. The molecule has 1 amide bonds. The first-order valence-electron chi connectivity index (χ1n) is 9.47. The van der Waals surface area contributed by atoms with Crippen LogP contribution >= 0.6 is 12.4 Å². The standard InChI is InChI=1S/C17H31N3O3S.ClH/c1-18-15-8-11-20(12-9-15)24(22,23)16-7-4-10-19(13-16)17(21)14-5-2-3-6-14;/h14-16,18H,2-13H2,1H3;1H. The average Bonchev–Trinajstić information content (AvgIpc) is 3.16. The lowest BCUT2D eigenvalue weighted by Gasteiger charge is -2.38. The maximum atomic E-state index is 13.0. The van der Waals surface area contributed by atoms with Crippen molar-refractivity contribution in [3.63, 3.8) is 0 Å². The smallest absolute Gasteiger partial charge is 0.225 e. The molecule has 0 aromatic rings. The minimum absolute atomic E-state index is 0. The zero-order chi connectivity index (χ0) is 17.2. The highest BCUT2D eigenvalue weighted by Gasteiger charge is 2.39. The highest BCUT2D eigenvalue weighted by Crippen LogP contribution is 2.29. The van der Waals surface area contributed by atoms with Gasteiger partial charge in [-0.25, -0.2) is 12.7 Å². The molecule has 2 aliphatic heterocycles. The molecule has 2 heterocycles. The third-order valence-electron chi connectivity index (χ3n) is 6.04. The average molecular weight is 394 g/mol. The Labute approximate surface area is 158 Å². The van der Waals surface area contributed by atoms with Gasteiger partial charge in [-0.3, -0.25) is 4.79 Å². The van der Waals surface area contributed by atoms with Crippen LogP contribution in [0.3, 0.4) is 0 Å². The summed E-state index contributed by atoms with van der Waals surface area (Å²) in [6.45, 7) is 2.31. The number of hydrogen-bond acceptors (Lipinski definition) is 4. The number of nitrogens with zero attached hydrogens (tertiary/aromatic N) is 2. The van der Waals surface area contributed by atoms with Crippen LogP contribution in [0.1, 0.15) is 51.4 Å². The van der Waals surface area contributed by atoms with E-state index in [0.29, 0.717) is 32.1 Å². The van der Waals surface area contributed by atoms with E-state index in [0.717, 1.165) is 51.5 Å². The SMILES string of the molecule is CNC1CCN(S(=O)(=O)C2CCCN(C(=O)C3CCCC3)C2)CC1.Cl. The molecule has 0 spiro atoms. The second-order valence-corrected chi connectivity index (χ2v) is 9.75. The summed E-state index contributed by atoms with van der Waals surface area (Å²) >= 11 is 0. The van der Waals surface area contributed by atoms with Crippen molar-refractivity contribution in [1.82, 2.24) is 14.5 Å². The van der Waals surface area contributed by atoms with Gasteiger partial charge in [-0.05, 0) is 45.6 Å². The van der Waals surface area contributed by atoms with Crippen LogP contribution in [0.2, 0.25) is 0 Å². The Kier molecular flexibility index (Phi) is 7.55. The van der Waals surface area contributed by atoms with Crippen molar-refractivity contribution in [3.8, 4) is 0 Å². The monoisotopic (exact) mass is 393 g/mol. The molecular weight excluding hydrogens is 362 g/mol. The lowest BCUT2D eigenvalue weighted by molar-refractivity contribution is -0.136. The number of nitrogens with one attached hydrogen (secondary N) is 1. The lowest BCUT2D eigenvalue weighted by Crippen LogP contribution is -2.53. The molecule has 1 aliphatic carbocycles. The summed E-state index contributed by atoms with van der Waals surface area (Å²) in [7, 11) is -1.36. The molecule has 1 atom stereocenters. The van der Waals surface area contributed by atoms with Crippen molar-refractivity contribution in [1.29, 1.82) is 0 Å². The zero-order valence-electron chi connectivity index (χ0n) is 15.2. The topological polar surface area (TPSA) is 69.7 Å². The molecule has 8 heteroatoms. The quantitative estimate of drug-likeness (QED) is 0.787. The van der Waals surface area contributed by atoms with Crippen LogP contribution in [0.25, 0.3) is 0 Å². The van der Waals surface area contributed by atoms with Gasteiger partial charge in [-0.1, -0.05) is 12.8 Å². The van der Waals surface area contributed by atoms with Crippen molar-refractivity contribution in [2.75, 3.05) is 33.2 Å². The number of sulfonamides is 1. The first-order chi connectivity index (χ1) is 11.5. The molecule has 1 saturated carbocycles. The molecular formula is C17H32ClN3O3S. The summed E-state index contributed by atoms with van der Waals surface area (Å²) in [5, 5.41) is 2.82. The minimum Gasteiger partial charge on any atom is -0.341 e. The highest BCUT2D eigenvalue weighted by atomic mass is 35.5. The molecule has 1 unspecified atom stereocenters. The van der Waals surface area contributed by atoms with Gasteiger partial charge < -0.3 is 10.2 Å². The summed E-state index contributed by atoms with van der Waals surface area (Å²) in [6.07, 6.45) is 7.44. The Balaban J connectivity index is 0.00000225. The lowest BCUT2D eigenvalue weighted by atomic mass is 10.0. The van der Waals surface area contributed by atoms with Gasteiger partial charge >= 0.3 is 0 Å². The van der Waals surface area contributed by atoms with E-state index in [1.807, 2.05) is 11.9 Å². The van der Waals surface area contributed by atoms with Crippen LogP contribution in [0.5, 0.6) is 0 Å². The maximum absolute atomic E-state index is 13.0. The predicted octanol–water partition coefficient (Wildman–Crippen LogP) is 1.60. The summed E-state index contributed by atoms with van der Waals surface area (Å²) in [5.41, 5.74) is 0.